The van der Waals surface area contributed by atoms with E-state index in [0.717, 1.165) is 11.3 Å². The monoisotopic (exact) mass is 270 g/mol. The Kier molecular flexibility index (Phi) is 4.17. The quantitative estimate of drug-likeness (QED) is 0.830. The molecule has 98 valence electrons. The fourth-order valence-corrected chi connectivity index (χ4v) is 2.27. The lowest BCUT2D eigenvalue weighted by molar-refractivity contribution is 0.874. The van der Waals surface area contributed by atoms with E-state index in [1.165, 1.54) is 11.1 Å². The average molecular weight is 270 g/mol. The maximum atomic E-state index is 5.59. The third-order valence-corrected chi connectivity index (χ3v) is 3.44. The van der Waals surface area contributed by atoms with Crippen LogP contribution < -0.4 is 11.1 Å². The van der Waals surface area contributed by atoms with Gasteiger partial charge in [0.05, 0.1) is 0 Å². The van der Waals surface area contributed by atoms with Crippen molar-refractivity contribution in [2.75, 3.05) is 5.32 Å². The molecule has 0 saturated heterocycles. The molecule has 0 aliphatic carbocycles. The van der Waals surface area contributed by atoms with Gasteiger partial charge < -0.3 is 11.1 Å². The van der Waals surface area contributed by atoms with Crippen molar-refractivity contribution < 1.29 is 0 Å². The molecule has 0 aliphatic rings. The van der Waals surface area contributed by atoms with Gasteiger partial charge >= 0.3 is 0 Å². The van der Waals surface area contributed by atoms with E-state index >= 15 is 0 Å². The molecule has 1 unspecified atom stereocenters. The number of nitrogens with one attached hydrogen (secondary N) is 1. The summed E-state index contributed by atoms with van der Waals surface area (Å²) >= 11 is 4.94. The third-order valence-electron chi connectivity index (χ3n) is 3.21. The summed E-state index contributed by atoms with van der Waals surface area (Å²) in [4.78, 5) is 0.429. The van der Waals surface area contributed by atoms with Gasteiger partial charge in [-0.05, 0) is 49.2 Å². The lowest BCUT2D eigenvalue weighted by Gasteiger charge is -2.18. The second-order valence-electron chi connectivity index (χ2n) is 4.66. The van der Waals surface area contributed by atoms with Gasteiger partial charge in [-0.1, -0.05) is 36.5 Å². The van der Waals surface area contributed by atoms with Gasteiger partial charge in [-0.2, -0.15) is 0 Å². The van der Waals surface area contributed by atoms with E-state index in [-0.39, 0.29) is 6.04 Å². The zero-order chi connectivity index (χ0) is 13.8. The molecule has 0 aromatic heterocycles. The SMILES string of the molecule is Cc1ccccc1C(C)Nc1ccc(C(N)=S)cc1. The molecular formula is C16H18N2S. The smallest absolute Gasteiger partial charge is 0.103 e. The lowest BCUT2D eigenvalue weighted by atomic mass is 10.0. The van der Waals surface area contributed by atoms with Crippen LogP contribution in [0.25, 0.3) is 0 Å². The molecule has 3 N–H and O–H groups in total. The number of anilines is 1. The van der Waals surface area contributed by atoms with E-state index in [9.17, 15) is 0 Å². The molecule has 19 heavy (non-hydrogen) atoms. The van der Waals surface area contributed by atoms with Gasteiger partial charge in [0.25, 0.3) is 0 Å². The van der Waals surface area contributed by atoms with Crippen LogP contribution in [0.1, 0.15) is 29.7 Å². The zero-order valence-corrected chi connectivity index (χ0v) is 12.0. The molecule has 1 atom stereocenters. The predicted octanol–water partition coefficient (Wildman–Crippen LogP) is 3.80. The molecule has 2 nitrogen and oxygen atoms in total. The van der Waals surface area contributed by atoms with E-state index in [2.05, 4.69) is 43.4 Å². The Balaban J connectivity index is 2.13. The van der Waals surface area contributed by atoms with E-state index < -0.39 is 0 Å². The zero-order valence-electron chi connectivity index (χ0n) is 11.2. The van der Waals surface area contributed by atoms with E-state index in [1.807, 2.05) is 24.3 Å². The van der Waals surface area contributed by atoms with Crippen molar-refractivity contribution in [1.29, 1.82) is 0 Å². The first kappa shape index (κ1) is 13.6. The largest absolute Gasteiger partial charge is 0.389 e. The van der Waals surface area contributed by atoms with E-state index in [4.69, 9.17) is 18.0 Å². The van der Waals surface area contributed by atoms with E-state index in [0.29, 0.717) is 4.99 Å². The Labute approximate surface area is 119 Å². The van der Waals surface area contributed by atoms with Crippen LogP contribution in [0.3, 0.4) is 0 Å². The first-order valence-corrected chi connectivity index (χ1v) is 6.70. The normalized spacial score (nSPS) is 11.9. The molecule has 0 spiro atoms. The minimum absolute atomic E-state index is 0.261. The fourth-order valence-electron chi connectivity index (χ4n) is 2.13. The Morgan fingerprint density at radius 1 is 1.11 bits per heavy atom. The number of hydrogen-bond acceptors (Lipinski definition) is 2. The van der Waals surface area contributed by atoms with Crippen molar-refractivity contribution >= 4 is 22.9 Å². The van der Waals surface area contributed by atoms with Crippen molar-refractivity contribution in [3.8, 4) is 0 Å². The highest BCUT2D eigenvalue weighted by Gasteiger charge is 2.07. The van der Waals surface area contributed by atoms with Crippen LogP contribution in [0.2, 0.25) is 0 Å². The number of thiocarbonyl (C=S) groups is 1. The van der Waals surface area contributed by atoms with Gasteiger partial charge in [0.1, 0.15) is 4.99 Å². The molecule has 2 rings (SSSR count). The highest BCUT2D eigenvalue weighted by atomic mass is 32.1. The van der Waals surface area contributed by atoms with Crippen molar-refractivity contribution in [3.63, 3.8) is 0 Å². The van der Waals surface area contributed by atoms with Gasteiger partial charge in [-0.25, -0.2) is 0 Å². The first-order valence-electron chi connectivity index (χ1n) is 6.30. The average Bonchev–Trinajstić information content (AvgIpc) is 2.39. The van der Waals surface area contributed by atoms with Crippen LogP contribution in [0.4, 0.5) is 5.69 Å². The summed E-state index contributed by atoms with van der Waals surface area (Å²) in [5, 5.41) is 3.48. The molecule has 0 radical (unpaired) electrons. The Hall–Kier alpha value is -1.87. The summed E-state index contributed by atoms with van der Waals surface area (Å²) < 4.78 is 0. The molecule has 0 heterocycles. The molecule has 2 aromatic rings. The molecule has 0 saturated carbocycles. The molecule has 0 bridgehead atoms. The highest BCUT2D eigenvalue weighted by molar-refractivity contribution is 7.80. The molecule has 0 amide bonds. The number of nitrogens with two attached hydrogens (primary N) is 1. The summed E-state index contributed by atoms with van der Waals surface area (Å²) in [6, 6.07) is 16.5. The van der Waals surface area contributed by atoms with Crippen LogP contribution in [0, 0.1) is 6.92 Å². The molecule has 0 aliphatic heterocycles. The standard InChI is InChI=1S/C16H18N2S/c1-11-5-3-4-6-15(11)12(2)18-14-9-7-13(8-10-14)16(17)19/h3-10,12,18H,1-2H3,(H2,17,19). The van der Waals surface area contributed by atoms with Gasteiger partial charge in [-0.3, -0.25) is 0 Å². The number of rotatable bonds is 4. The summed E-state index contributed by atoms with van der Waals surface area (Å²) in [5.74, 6) is 0. The van der Waals surface area contributed by atoms with Crippen molar-refractivity contribution in [2.24, 2.45) is 5.73 Å². The summed E-state index contributed by atoms with van der Waals surface area (Å²) in [7, 11) is 0. The highest BCUT2D eigenvalue weighted by Crippen LogP contribution is 2.22. The van der Waals surface area contributed by atoms with Crippen molar-refractivity contribution in [1.82, 2.24) is 0 Å². The summed E-state index contributed by atoms with van der Waals surface area (Å²) in [5.41, 5.74) is 10.1. The minimum Gasteiger partial charge on any atom is -0.389 e. The second-order valence-corrected chi connectivity index (χ2v) is 5.10. The van der Waals surface area contributed by atoms with Gasteiger partial charge in [0.15, 0.2) is 0 Å². The Bertz CT molecular complexity index is 576. The summed E-state index contributed by atoms with van der Waals surface area (Å²) in [6.07, 6.45) is 0. The van der Waals surface area contributed by atoms with Crippen LogP contribution in [-0.4, -0.2) is 4.99 Å². The molecular weight excluding hydrogens is 252 g/mol. The van der Waals surface area contributed by atoms with Crippen molar-refractivity contribution in [2.45, 2.75) is 19.9 Å². The second kappa shape index (κ2) is 5.85. The van der Waals surface area contributed by atoms with Gasteiger partial charge in [-0.15, -0.1) is 0 Å². The van der Waals surface area contributed by atoms with E-state index in [1.54, 1.807) is 0 Å². The first-order chi connectivity index (χ1) is 9.08. The lowest BCUT2D eigenvalue weighted by Crippen LogP contribution is -2.10. The molecule has 3 heteroatoms. The third kappa shape index (κ3) is 3.32. The Morgan fingerprint density at radius 3 is 2.32 bits per heavy atom. The van der Waals surface area contributed by atoms with Gasteiger partial charge in [0, 0.05) is 17.3 Å². The van der Waals surface area contributed by atoms with Crippen LogP contribution in [-0.2, 0) is 0 Å². The van der Waals surface area contributed by atoms with Gasteiger partial charge in [0.2, 0.25) is 0 Å². The minimum atomic E-state index is 0.261. The van der Waals surface area contributed by atoms with Crippen LogP contribution in [0.5, 0.6) is 0 Å². The number of hydrogen-bond donors (Lipinski definition) is 2. The Morgan fingerprint density at radius 2 is 1.74 bits per heavy atom. The summed E-state index contributed by atoms with van der Waals surface area (Å²) in [6.45, 7) is 4.29. The fraction of sp³-hybridized carbons (Fsp3) is 0.188. The number of benzene rings is 2. The number of aryl methyl sites for hydroxylation is 1. The maximum absolute atomic E-state index is 5.59. The van der Waals surface area contributed by atoms with Crippen LogP contribution in [0.15, 0.2) is 48.5 Å². The predicted molar refractivity (Wildman–Crippen MR) is 85.5 cm³/mol. The molecule has 2 aromatic carbocycles. The topological polar surface area (TPSA) is 38.0 Å². The molecule has 0 fully saturated rings. The maximum Gasteiger partial charge on any atom is 0.103 e. The van der Waals surface area contributed by atoms with Crippen LogP contribution >= 0.6 is 12.2 Å². The van der Waals surface area contributed by atoms with Crippen molar-refractivity contribution in [3.05, 3.63) is 65.2 Å².